The molecule has 13 aromatic rings. The van der Waals surface area contributed by atoms with Crippen LogP contribution < -0.4 is 4.90 Å². The molecule has 0 saturated heterocycles. The Morgan fingerprint density at radius 3 is 1.48 bits per heavy atom. The number of fused-ring (bicyclic) bond motifs is 16. The molecule has 15 rings (SSSR count). The van der Waals surface area contributed by atoms with Gasteiger partial charge in [0.15, 0.2) is 0 Å². The van der Waals surface area contributed by atoms with E-state index in [0.717, 1.165) is 22.6 Å². The van der Waals surface area contributed by atoms with Crippen LogP contribution in [0.25, 0.3) is 93.5 Å². The maximum atomic E-state index is 2.48. The summed E-state index contributed by atoms with van der Waals surface area (Å²) in [5.74, 6) is 0. The van der Waals surface area contributed by atoms with Crippen LogP contribution >= 0.6 is 0 Å². The van der Waals surface area contributed by atoms with Crippen LogP contribution in [0.15, 0.2) is 267 Å². The molecule has 2 aliphatic rings. The first-order valence-electron chi connectivity index (χ1n) is 24.7. The number of nitrogens with zero attached hydrogens (tertiary/aromatic N) is 2. The van der Waals surface area contributed by atoms with Crippen molar-refractivity contribution in [3.8, 4) is 50.2 Å². The summed E-state index contributed by atoms with van der Waals surface area (Å²) < 4.78 is 2.47. The van der Waals surface area contributed by atoms with Crippen LogP contribution in [0.4, 0.5) is 17.1 Å². The molecule has 330 valence electrons. The Morgan fingerprint density at radius 2 is 0.775 bits per heavy atom. The van der Waals surface area contributed by atoms with E-state index >= 15 is 0 Å². The van der Waals surface area contributed by atoms with Gasteiger partial charge in [-0.2, -0.15) is 0 Å². The van der Waals surface area contributed by atoms with Crippen molar-refractivity contribution in [3.05, 3.63) is 289 Å². The van der Waals surface area contributed by atoms with Gasteiger partial charge in [-0.25, -0.2) is 0 Å². The highest BCUT2D eigenvalue weighted by Gasteiger charge is 2.51. The molecular formula is C69H44N2. The fourth-order valence-electron chi connectivity index (χ4n) is 12.7. The summed E-state index contributed by atoms with van der Waals surface area (Å²) in [5, 5.41) is 7.49. The van der Waals surface area contributed by atoms with Gasteiger partial charge in [0.2, 0.25) is 0 Å². The zero-order valence-electron chi connectivity index (χ0n) is 38.8. The molecule has 0 radical (unpaired) electrons. The quantitative estimate of drug-likeness (QED) is 0.151. The molecule has 0 unspecified atom stereocenters. The predicted molar refractivity (Wildman–Crippen MR) is 298 cm³/mol. The monoisotopic (exact) mass is 900 g/mol. The third-order valence-corrected chi connectivity index (χ3v) is 15.6. The molecule has 1 aromatic heterocycles. The molecule has 2 nitrogen and oxygen atoms in total. The van der Waals surface area contributed by atoms with E-state index in [-0.39, 0.29) is 0 Å². The van der Waals surface area contributed by atoms with Gasteiger partial charge in [-0.05, 0) is 144 Å². The number of benzene rings is 12. The number of para-hydroxylation sites is 2. The van der Waals surface area contributed by atoms with Crippen LogP contribution in [-0.2, 0) is 5.41 Å². The number of hydrogen-bond donors (Lipinski definition) is 0. The summed E-state index contributed by atoms with van der Waals surface area (Å²) in [6.45, 7) is 0. The summed E-state index contributed by atoms with van der Waals surface area (Å²) in [5.41, 5.74) is 21.8. The standard InChI is InChI=1S/C69H44N2/c1-2-21-48(22-3-1)70(50-38-39-58-57-30-12-16-35-64(57)69(65(58)44-50)62-33-14-10-28-55(62)56-29-11-15-34-63(56)69)49-23-18-20-45(41-49)51-24-6-7-25-52(51)47-37-40-67-61(42-47)60-32-13-17-36-66(60)71(67)68-43-46-19-4-5-26-53(46)54-27-8-9-31-59(54)68/h1-44H. The average Bonchev–Trinajstić information content (AvgIpc) is 4.06. The molecule has 0 N–H and O–H groups in total. The van der Waals surface area contributed by atoms with Crippen LogP contribution in [0.3, 0.4) is 0 Å². The fraction of sp³-hybridized carbons (Fsp3) is 0.0145. The Balaban J connectivity index is 0.882. The topological polar surface area (TPSA) is 8.17 Å². The summed E-state index contributed by atoms with van der Waals surface area (Å²) in [6, 6.07) is 99.1. The lowest BCUT2D eigenvalue weighted by molar-refractivity contribution is 0.793. The number of anilines is 3. The highest BCUT2D eigenvalue weighted by Crippen LogP contribution is 2.63. The van der Waals surface area contributed by atoms with E-state index in [0.29, 0.717) is 0 Å². The Bertz CT molecular complexity index is 4240. The van der Waals surface area contributed by atoms with Crippen LogP contribution in [0.1, 0.15) is 22.3 Å². The Labute approximate surface area is 412 Å². The van der Waals surface area contributed by atoms with Crippen molar-refractivity contribution in [2.45, 2.75) is 5.41 Å². The maximum Gasteiger partial charge on any atom is 0.0726 e. The Morgan fingerprint density at radius 1 is 0.268 bits per heavy atom. The molecule has 2 heteroatoms. The summed E-state index contributed by atoms with van der Waals surface area (Å²) >= 11 is 0. The fourth-order valence-corrected chi connectivity index (χ4v) is 12.7. The first-order valence-corrected chi connectivity index (χ1v) is 24.7. The van der Waals surface area contributed by atoms with Gasteiger partial charge < -0.3 is 9.47 Å². The van der Waals surface area contributed by atoms with E-state index in [1.54, 1.807) is 0 Å². The molecule has 1 spiro atoms. The van der Waals surface area contributed by atoms with E-state index in [4.69, 9.17) is 0 Å². The lowest BCUT2D eigenvalue weighted by atomic mass is 9.70. The molecule has 1 heterocycles. The van der Waals surface area contributed by atoms with Gasteiger partial charge >= 0.3 is 0 Å². The number of aromatic nitrogens is 1. The second-order valence-corrected chi connectivity index (χ2v) is 19.1. The minimum absolute atomic E-state index is 0.436. The minimum Gasteiger partial charge on any atom is -0.310 e. The summed E-state index contributed by atoms with van der Waals surface area (Å²) in [7, 11) is 0. The van der Waals surface area contributed by atoms with Crippen molar-refractivity contribution in [2.24, 2.45) is 0 Å². The van der Waals surface area contributed by atoms with Crippen molar-refractivity contribution in [1.29, 1.82) is 0 Å². The van der Waals surface area contributed by atoms with Crippen molar-refractivity contribution >= 4 is 60.4 Å². The van der Waals surface area contributed by atoms with Crippen LogP contribution in [-0.4, -0.2) is 4.57 Å². The number of hydrogen-bond acceptors (Lipinski definition) is 1. The van der Waals surface area contributed by atoms with Gasteiger partial charge in [-0.15, -0.1) is 0 Å². The zero-order valence-corrected chi connectivity index (χ0v) is 38.8. The van der Waals surface area contributed by atoms with Crippen LogP contribution in [0.5, 0.6) is 0 Å². The normalized spacial score (nSPS) is 12.9. The van der Waals surface area contributed by atoms with E-state index < -0.39 is 5.41 Å². The molecular weight excluding hydrogens is 857 g/mol. The number of rotatable bonds is 6. The third-order valence-electron chi connectivity index (χ3n) is 15.6. The van der Waals surface area contributed by atoms with E-state index in [1.165, 1.54) is 110 Å². The second-order valence-electron chi connectivity index (χ2n) is 19.1. The van der Waals surface area contributed by atoms with Gasteiger partial charge in [0.25, 0.3) is 0 Å². The van der Waals surface area contributed by atoms with Gasteiger partial charge in [0.05, 0.1) is 22.1 Å². The molecule has 71 heavy (non-hydrogen) atoms. The second kappa shape index (κ2) is 15.4. The molecule has 12 aromatic carbocycles. The first kappa shape index (κ1) is 39.7. The van der Waals surface area contributed by atoms with E-state index in [9.17, 15) is 0 Å². The van der Waals surface area contributed by atoms with E-state index in [1.807, 2.05) is 0 Å². The molecule has 0 bridgehead atoms. The highest BCUT2D eigenvalue weighted by atomic mass is 15.1. The van der Waals surface area contributed by atoms with Crippen molar-refractivity contribution < 1.29 is 0 Å². The van der Waals surface area contributed by atoms with Gasteiger partial charge in [0.1, 0.15) is 0 Å². The molecule has 0 atom stereocenters. The third kappa shape index (κ3) is 5.71. The zero-order chi connectivity index (χ0) is 46.6. The van der Waals surface area contributed by atoms with Crippen LogP contribution in [0.2, 0.25) is 0 Å². The molecule has 0 fully saturated rings. The van der Waals surface area contributed by atoms with Crippen LogP contribution in [0, 0.1) is 0 Å². The SMILES string of the molecule is c1ccc(N(c2cccc(-c3ccccc3-c3ccc4c(c3)c3ccccc3n4-c3cc4ccccc4c4ccccc34)c2)c2ccc3c(c2)C2(c4ccccc4-c4ccccc42)c2ccccc2-3)cc1. The molecule has 0 aliphatic heterocycles. The highest BCUT2D eigenvalue weighted by molar-refractivity contribution is 6.16. The van der Waals surface area contributed by atoms with E-state index in [2.05, 4.69) is 276 Å². The molecule has 2 aliphatic carbocycles. The maximum absolute atomic E-state index is 2.48. The summed E-state index contributed by atoms with van der Waals surface area (Å²) in [4.78, 5) is 2.44. The van der Waals surface area contributed by atoms with Crippen molar-refractivity contribution in [1.82, 2.24) is 4.57 Å². The molecule has 0 amide bonds. The Hall–Kier alpha value is -9.24. The lowest BCUT2D eigenvalue weighted by Crippen LogP contribution is -2.26. The summed E-state index contributed by atoms with van der Waals surface area (Å²) in [6.07, 6.45) is 0. The average molecular weight is 901 g/mol. The van der Waals surface area contributed by atoms with Crippen molar-refractivity contribution in [3.63, 3.8) is 0 Å². The van der Waals surface area contributed by atoms with Gasteiger partial charge in [0, 0.05) is 33.2 Å². The lowest BCUT2D eigenvalue weighted by Gasteiger charge is -2.32. The largest absolute Gasteiger partial charge is 0.310 e. The van der Waals surface area contributed by atoms with Gasteiger partial charge in [-0.1, -0.05) is 206 Å². The molecule has 0 saturated carbocycles. The Kier molecular flexibility index (Phi) is 8.61. The smallest absolute Gasteiger partial charge is 0.0726 e. The van der Waals surface area contributed by atoms with Crippen molar-refractivity contribution in [2.75, 3.05) is 4.90 Å². The predicted octanol–water partition coefficient (Wildman–Crippen LogP) is 18.2. The minimum atomic E-state index is -0.436. The first-order chi connectivity index (χ1) is 35.2. The van der Waals surface area contributed by atoms with Gasteiger partial charge in [-0.3, -0.25) is 0 Å².